The van der Waals surface area contributed by atoms with Crippen molar-refractivity contribution in [3.05, 3.63) is 29.8 Å². The highest BCUT2D eigenvalue weighted by molar-refractivity contribution is 7.83. The largest absolute Gasteiger partial charge is 0.237 e. The Kier molecular flexibility index (Phi) is 4.48. The maximum absolute atomic E-state index is 11.9. The fourth-order valence-electron chi connectivity index (χ4n) is 1.03. The van der Waals surface area contributed by atoms with Crippen molar-refractivity contribution in [1.82, 2.24) is 4.72 Å². The SMILES string of the molecule is Cc1ccc(S(=O)NC(C)C(C)C)cc1. The van der Waals surface area contributed by atoms with Gasteiger partial charge < -0.3 is 0 Å². The molecule has 0 aromatic heterocycles. The summed E-state index contributed by atoms with van der Waals surface area (Å²) < 4.78 is 15.0. The van der Waals surface area contributed by atoms with Crippen molar-refractivity contribution >= 4 is 11.0 Å². The molecule has 1 aromatic rings. The summed E-state index contributed by atoms with van der Waals surface area (Å²) in [7, 11) is -1.09. The first-order chi connectivity index (χ1) is 7.00. The highest BCUT2D eigenvalue weighted by Gasteiger charge is 2.11. The summed E-state index contributed by atoms with van der Waals surface area (Å²) in [6.45, 7) is 8.31. The van der Waals surface area contributed by atoms with Gasteiger partial charge in [-0.1, -0.05) is 31.5 Å². The van der Waals surface area contributed by atoms with Gasteiger partial charge in [0.05, 0.1) is 4.90 Å². The zero-order chi connectivity index (χ0) is 11.4. The number of hydrogen-bond donors (Lipinski definition) is 1. The van der Waals surface area contributed by atoms with E-state index in [1.54, 1.807) is 0 Å². The van der Waals surface area contributed by atoms with Gasteiger partial charge >= 0.3 is 0 Å². The maximum atomic E-state index is 11.9. The molecule has 0 saturated heterocycles. The van der Waals surface area contributed by atoms with E-state index in [1.165, 1.54) is 5.56 Å². The molecule has 0 amide bonds. The Labute approximate surface area is 94.7 Å². The van der Waals surface area contributed by atoms with Crippen molar-refractivity contribution in [3.8, 4) is 0 Å². The molecule has 0 heterocycles. The minimum absolute atomic E-state index is 0.257. The number of benzene rings is 1. The molecule has 0 saturated carbocycles. The molecule has 0 aliphatic carbocycles. The van der Waals surface area contributed by atoms with Gasteiger partial charge in [0.15, 0.2) is 0 Å². The Morgan fingerprint density at radius 1 is 1.13 bits per heavy atom. The molecule has 0 aliphatic heterocycles. The Hall–Kier alpha value is -0.670. The highest BCUT2D eigenvalue weighted by atomic mass is 32.2. The fraction of sp³-hybridized carbons (Fsp3) is 0.500. The molecule has 1 aromatic carbocycles. The van der Waals surface area contributed by atoms with E-state index >= 15 is 0 Å². The molecule has 0 radical (unpaired) electrons. The first-order valence-electron chi connectivity index (χ1n) is 5.25. The minimum atomic E-state index is -1.09. The molecule has 2 nitrogen and oxygen atoms in total. The molecular formula is C12H19NOS. The normalized spacial score (nSPS) is 15.3. The van der Waals surface area contributed by atoms with Crippen LogP contribution in [0.5, 0.6) is 0 Å². The van der Waals surface area contributed by atoms with Crippen LogP contribution in [0.25, 0.3) is 0 Å². The van der Waals surface area contributed by atoms with Crippen molar-refractivity contribution in [2.75, 3.05) is 0 Å². The molecule has 2 atom stereocenters. The van der Waals surface area contributed by atoms with Crippen LogP contribution >= 0.6 is 0 Å². The van der Waals surface area contributed by atoms with Crippen LogP contribution in [0, 0.1) is 12.8 Å². The Morgan fingerprint density at radius 2 is 1.67 bits per heavy atom. The Balaban J connectivity index is 2.65. The monoisotopic (exact) mass is 225 g/mol. The first kappa shape index (κ1) is 12.4. The van der Waals surface area contributed by atoms with Crippen molar-refractivity contribution in [2.45, 2.75) is 38.6 Å². The van der Waals surface area contributed by atoms with Crippen LogP contribution in [0.15, 0.2) is 29.2 Å². The summed E-state index contributed by atoms with van der Waals surface area (Å²) >= 11 is 0. The van der Waals surface area contributed by atoms with Crippen LogP contribution in [0.3, 0.4) is 0 Å². The lowest BCUT2D eigenvalue weighted by Gasteiger charge is -2.16. The molecule has 0 bridgehead atoms. The van der Waals surface area contributed by atoms with Crippen LogP contribution in [0.1, 0.15) is 26.3 Å². The fourth-order valence-corrected chi connectivity index (χ4v) is 2.16. The van der Waals surface area contributed by atoms with Crippen molar-refractivity contribution < 1.29 is 4.21 Å². The van der Waals surface area contributed by atoms with E-state index in [0.717, 1.165) is 4.90 Å². The lowest BCUT2D eigenvalue weighted by atomic mass is 10.1. The Bertz CT molecular complexity index is 332. The van der Waals surface area contributed by atoms with Crippen LogP contribution in [0.2, 0.25) is 0 Å². The third-order valence-corrected chi connectivity index (χ3v) is 3.81. The van der Waals surface area contributed by atoms with Crippen LogP contribution < -0.4 is 4.72 Å². The smallest absolute Gasteiger partial charge is 0.125 e. The third-order valence-electron chi connectivity index (χ3n) is 2.53. The van der Waals surface area contributed by atoms with E-state index in [9.17, 15) is 4.21 Å². The average Bonchev–Trinajstić information content (AvgIpc) is 2.18. The average molecular weight is 225 g/mol. The second-order valence-electron chi connectivity index (χ2n) is 4.23. The van der Waals surface area contributed by atoms with Crippen LogP contribution in [-0.2, 0) is 11.0 Å². The van der Waals surface area contributed by atoms with Crippen molar-refractivity contribution in [2.24, 2.45) is 5.92 Å². The van der Waals surface area contributed by atoms with Crippen molar-refractivity contribution in [1.29, 1.82) is 0 Å². The van der Waals surface area contributed by atoms with Crippen LogP contribution in [0.4, 0.5) is 0 Å². The van der Waals surface area contributed by atoms with E-state index in [4.69, 9.17) is 0 Å². The van der Waals surface area contributed by atoms with Gasteiger partial charge in [-0.2, -0.15) is 0 Å². The quantitative estimate of drug-likeness (QED) is 0.838. The summed E-state index contributed by atoms with van der Waals surface area (Å²) in [5.41, 5.74) is 1.19. The summed E-state index contributed by atoms with van der Waals surface area (Å²) in [6.07, 6.45) is 0. The van der Waals surface area contributed by atoms with Gasteiger partial charge in [0, 0.05) is 6.04 Å². The molecular weight excluding hydrogens is 206 g/mol. The number of rotatable bonds is 4. The lowest BCUT2D eigenvalue weighted by Crippen LogP contribution is -2.32. The van der Waals surface area contributed by atoms with Gasteiger partial charge in [0.1, 0.15) is 11.0 Å². The summed E-state index contributed by atoms with van der Waals surface area (Å²) in [6, 6.07) is 8.04. The third kappa shape index (κ3) is 3.76. The molecule has 15 heavy (non-hydrogen) atoms. The predicted molar refractivity (Wildman–Crippen MR) is 65.0 cm³/mol. The molecule has 84 valence electrons. The van der Waals surface area contributed by atoms with E-state index in [1.807, 2.05) is 31.2 Å². The van der Waals surface area contributed by atoms with Gasteiger partial charge in [-0.25, -0.2) is 8.93 Å². The Morgan fingerprint density at radius 3 is 2.13 bits per heavy atom. The number of hydrogen-bond acceptors (Lipinski definition) is 1. The zero-order valence-electron chi connectivity index (χ0n) is 9.78. The molecule has 1 rings (SSSR count). The highest BCUT2D eigenvalue weighted by Crippen LogP contribution is 2.09. The first-order valence-corrected chi connectivity index (χ1v) is 6.40. The molecule has 1 N–H and O–H groups in total. The van der Waals surface area contributed by atoms with E-state index in [2.05, 4.69) is 25.5 Å². The minimum Gasteiger partial charge on any atom is -0.237 e. The summed E-state index contributed by atoms with van der Waals surface area (Å²) in [5, 5.41) is 0. The molecule has 0 aliphatic rings. The van der Waals surface area contributed by atoms with E-state index in [0.29, 0.717) is 5.92 Å². The lowest BCUT2D eigenvalue weighted by molar-refractivity contribution is 0.493. The standard InChI is InChI=1S/C12H19NOS/c1-9(2)11(4)13-15(14)12-7-5-10(3)6-8-12/h5-9,11,13H,1-4H3. The van der Waals surface area contributed by atoms with Gasteiger partial charge in [0.25, 0.3) is 0 Å². The number of aryl methyl sites for hydroxylation is 1. The molecule has 2 unspecified atom stereocenters. The van der Waals surface area contributed by atoms with Crippen molar-refractivity contribution in [3.63, 3.8) is 0 Å². The van der Waals surface area contributed by atoms with Gasteiger partial charge in [0.2, 0.25) is 0 Å². The topological polar surface area (TPSA) is 29.1 Å². The van der Waals surface area contributed by atoms with E-state index in [-0.39, 0.29) is 6.04 Å². The summed E-state index contributed by atoms with van der Waals surface area (Å²) in [5.74, 6) is 0.486. The second-order valence-corrected chi connectivity index (χ2v) is 5.48. The number of nitrogens with one attached hydrogen (secondary N) is 1. The van der Waals surface area contributed by atoms with Gasteiger partial charge in [-0.3, -0.25) is 0 Å². The maximum Gasteiger partial charge on any atom is 0.125 e. The predicted octanol–water partition coefficient (Wildman–Crippen LogP) is 2.65. The molecule has 0 fully saturated rings. The van der Waals surface area contributed by atoms with E-state index < -0.39 is 11.0 Å². The second kappa shape index (κ2) is 5.42. The summed E-state index contributed by atoms with van der Waals surface area (Å²) in [4.78, 5) is 0.841. The zero-order valence-corrected chi connectivity index (χ0v) is 10.6. The molecule has 3 heteroatoms. The van der Waals surface area contributed by atoms with Gasteiger partial charge in [-0.05, 0) is 31.9 Å². The van der Waals surface area contributed by atoms with Gasteiger partial charge in [-0.15, -0.1) is 0 Å². The molecule has 0 spiro atoms. The van der Waals surface area contributed by atoms with Crippen LogP contribution in [-0.4, -0.2) is 10.3 Å².